The Hall–Kier alpha value is -2.67. The van der Waals surface area contributed by atoms with Crippen molar-refractivity contribution < 1.29 is 0 Å². The number of rotatable bonds is 4. The number of aromatic nitrogens is 4. The topological polar surface area (TPSA) is 50.1 Å². The average Bonchev–Trinajstić information content (AvgIpc) is 3.12. The van der Waals surface area contributed by atoms with Gasteiger partial charge < -0.3 is 9.47 Å². The number of nitrogens with zero attached hydrogens (tertiary/aromatic N) is 6. The van der Waals surface area contributed by atoms with Crippen molar-refractivity contribution >= 4 is 39.9 Å². The normalized spacial score (nSPS) is 16.0. The zero-order chi connectivity index (χ0) is 21.4. The van der Waals surface area contributed by atoms with E-state index in [0.29, 0.717) is 10.0 Å². The van der Waals surface area contributed by atoms with Gasteiger partial charge in [-0.2, -0.15) is 0 Å². The van der Waals surface area contributed by atoms with Crippen LogP contribution < -0.4 is 4.90 Å². The summed E-state index contributed by atoms with van der Waals surface area (Å²) in [6.07, 6.45) is 7.04. The van der Waals surface area contributed by atoms with E-state index >= 15 is 0 Å². The molecule has 6 nitrogen and oxygen atoms in total. The second-order valence-corrected chi connectivity index (χ2v) is 8.50. The monoisotopic (exact) mass is 452 g/mol. The van der Waals surface area contributed by atoms with Crippen molar-refractivity contribution in [2.45, 2.75) is 6.04 Å². The molecule has 0 bridgehead atoms. The maximum atomic E-state index is 6.40. The molecule has 1 aliphatic heterocycles. The molecule has 0 spiro atoms. The molecule has 0 amide bonds. The van der Waals surface area contributed by atoms with Crippen molar-refractivity contribution in [1.29, 1.82) is 0 Å². The van der Waals surface area contributed by atoms with Gasteiger partial charge in [-0.25, -0.2) is 4.98 Å². The molecule has 0 saturated carbocycles. The smallest absolute Gasteiger partial charge is 0.131 e. The van der Waals surface area contributed by atoms with Crippen LogP contribution >= 0.6 is 23.2 Å². The van der Waals surface area contributed by atoms with Gasteiger partial charge in [0.2, 0.25) is 0 Å². The van der Waals surface area contributed by atoms with Crippen LogP contribution in [0.2, 0.25) is 10.0 Å². The summed E-state index contributed by atoms with van der Waals surface area (Å²) in [5, 5.41) is 1.17. The number of hydrogen-bond donors (Lipinski definition) is 0. The van der Waals surface area contributed by atoms with Crippen LogP contribution in [0.4, 0.5) is 5.69 Å². The number of anilines is 1. The van der Waals surface area contributed by atoms with E-state index in [0.717, 1.165) is 54.3 Å². The van der Waals surface area contributed by atoms with Gasteiger partial charge in [-0.05, 0) is 23.8 Å². The molecule has 1 aromatic carbocycles. The minimum Gasteiger partial charge on any atom is -0.366 e. The Bertz CT molecular complexity index is 1180. The Morgan fingerprint density at radius 3 is 2.29 bits per heavy atom. The third-order valence-corrected chi connectivity index (χ3v) is 6.44. The predicted molar refractivity (Wildman–Crippen MR) is 125 cm³/mol. The zero-order valence-corrected chi connectivity index (χ0v) is 18.6. The number of pyridine rings is 2. The number of piperazine rings is 1. The molecule has 4 aromatic rings. The van der Waals surface area contributed by atoms with Gasteiger partial charge in [0.25, 0.3) is 0 Å². The first kappa shape index (κ1) is 20.2. The van der Waals surface area contributed by atoms with E-state index in [4.69, 9.17) is 28.2 Å². The van der Waals surface area contributed by atoms with E-state index in [2.05, 4.69) is 49.6 Å². The molecule has 8 heteroatoms. The lowest BCUT2D eigenvalue weighted by atomic mass is 10.1. The minimum atomic E-state index is 0.0108. The summed E-state index contributed by atoms with van der Waals surface area (Å²) in [4.78, 5) is 18.1. The number of imidazole rings is 1. The minimum absolute atomic E-state index is 0.0108. The molecule has 158 valence electrons. The number of para-hydroxylation sites is 2. The number of benzene rings is 1. The summed E-state index contributed by atoms with van der Waals surface area (Å²) in [7, 11) is 2.08. The van der Waals surface area contributed by atoms with E-state index in [1.165, 1.54) is 0 Å². The van der Waals surface area contributed by atoms with E-state index in [9.17, 15) is 0 Å². The first-order valence-corrected chi connectivity index (χ1v) is 11.0. The highest BCUT2D eigenvalue weighted by Gasteiger charge is 2.31. The van der Waals surface area contributed by atoms with Gasteiger partial charge in [0.1, 0.15) is 5.82 Å². The van der Waals surface area contributed by atoms with E-state index in [-0.39, 0.29) is 6.04 Å². The zero-order valence-electron chi connectivity index (χ0n) is 17.1. The molecular weight excluding hydrogens is 431 g/mol. The van der Waals surface area contributed by atoms with Gasteiger partial charge in [-0.15, -0.1) is 0 Å². The summed E-state index contributed by atoms with van der Waals surface area (Å²) in [5.41, 5.74) is 4.12. The van der Waals surface area contributed by atoms with Gasteiger partial charge >= 0.3 is 0 Å². The van der Waals surface area contributed by atoms with Gasteiger partial charge in [0.05, 0.1) is 32.8 Å². The fourth-order valence-corrected chi connectivity index (χ4v) is 4.98. The van der Waals surface area contributed by atoms with Crippen LogP contribution in [0.5, 0.6) is 0 Å². The highest BCUT2D eigenvalue weighted by atomic mass is 35.5. The van der Waals surface area contributed by atoms with Crippen molar-refractivity contribution in [3.63, 3.8) is 0 Å². The lowest BCUT2D eigenvalue weighted by molar-refractivity contribution is 0.203. The largest absolute Gasteiger partial charge is 0.366 e. The van der Waals surface area contributed by atoms with Crippen LogP contribution in [-0.4, -0.2) is 50.6 Å². The second-order valence-electron chi connectivity index (χ2n) is 7.68. The molecule has 1 atom stereocenters. The lowest BCUT2D eigenvalue weighted by Crippen LogP contribution is -2.48. The highest BCUT2D eigenvalue weighted by molar-refractivity contribution is 6.38. The van der Waals surface area contributed by atoms with Crippen LogP contribution in [-0.2, 0) is 7.05 Å². The average molecular weight is 453 g/mol. The summed E-state index contributed by atoms with van der Waals surface area (Å²) in [6, 6.07) is 12.4. The molecule has 31 heavy (non-hydrogen) atoms. The van der Waals surface area contributed by atoms with Crippen LogP contribution in [0.3, 0.4) is 0 Å². The van der Waals surface area contributed by atoms with E-state index in [1.54, 1.807) is 18.6 Å². The van der Waals surface area contributed by atoms with Crippen LogP contribution in [0, 0.1) is 0 Å². The Labute approximate surface area is 191 Å². The van der Waals surface area contributed by atoms with Crippen molar-refractivity contribution in [1.82, 2.24) is 24.4 Å². The van der Waals surface area contributed by atoms with Crippen molar-refractivity contribution in [3.05, 3.63) is 82.6 Å². The Morgan fingerprint density at radius 1 is 0.871 bits per heavy atom. The summed E-state index contributed by atoms with van der Waals surface area (Å²) < 4.78 is 2.19. The molecular formula is C23H22Cl2N6. The predicted octanol–water partition coefficient (Wildman–Crippen LogP) is 4.58. The maximum Gasteiger partial charge on any atom is 0.131 e. The molecule has 0 N–H and O–H groups in total. The van der Waals surface area contributed by atoms with Crippen LogP contribution in [0.1, 0.15) is 17.4 Å². The van der Waals surface area contributed by atoms with Gasteiger partial charge in [0.15, 0.2) is 0 Å². The summed E-state index contributed by atoms with van der Waals surface area (Å²) in [5.74, 6) is 1.02. The van der Waals surface area contributed by atoms with Gasteiger partial charge in [-0.3, -0.25) is 14.9 Å². The number of halogens is 2. The fraction of sp³-hybridized carbons (Fsp3) is 0.261. The molecule has 1 saturated heterocycles. The Kier molecular flexibility index (Phi) is 5.52. The molecule has 0 aliphatic carbocycles. The molecule has 1 unspecified atom stereocenters. The van der Waals surface area contributed by atoms with Crippen molar-refractivity contribution in [2.24, 2.45) is 7.05 Å². The van der Waals surface area contributed by atoms with Crippen LogP contribution in [0.15, 0.2) is 61.2 Å². The molecule has 1 fully saturated rings. The third kappa shape index (κ3) is 3.76. The Balaban J connectivity index is 1.48. The highest BCUT2D eigenvalue weighted by Crippen LogP contribution is 2.35. The second kappa shape index (κ2) is 8.46. The van der Waals surface area contributed by atoms with Crippen molar-refractivity contribution in [3.8, 4) is 0 Å². The van der Waals surface area contributed by atoms with E-state index < -0.39 is 0 Å². The summed E-state index contributed by atoms with van der Waals surface area (Å²) in [6.45, 7) is 3.31. The maximum absolute atomic E-state index is 6.40. The standard InChI is InChI=1S/C23H22Cl2N6/c1-29-20-7-3-2-6-19(20)28-23(29)21(16-5-4-8-26-13-16)30-9-11-31(12-10-30)22-17(24)14-27-15-18(22)25/h2-8,13-15,21H,9-12H2,1H3. The molecule has 4 heterocycles. The number of fused-ring (bicyclic) bond motifs is 1. The third-order valence-electron chi connectivity index (χ3n) is 5.89. The van der Waals surface area contributed by atoms with Crippen molar-refractivity contribution in [2.75, 3.05) is 31.1 Å². The van der Waals surface area contributed by atoms with E-state index in [1.807, 2.05) is 24.4 Å². The fourth-order valence-electron chi connectivity index (χ4n) is 4.38. The Morgan fingerprint density at radius 2 is 1.61 bits per heavy atom. The van der Waals surface area contributed by atoms with Crippen LogP contribution in [0.25, 0.3) is 11.0 Å². The lowest BCUT2D eigenvalue weighted by Gasteiger charge is -2.40. The van der Waals surface area contributed by atoms with Gasteiger partial charge in [0, 0.05) is 58.0 Å². The molecule has 1 aliphatic rings. The van der Waals surface area contributed by atoms with Gasteiger partial charge in [-0.1, -0.05) is 41.4 Å². The molecule has 3 aromatic heterocycles. The SMILES string of the molecule is Cn1c(C(c2cccnc2)N2CCN(c3c(Cl)cncc3Cl)CC2)nc2ccccc21. The number of aryl methyl sites for hydroxylation is 1. The molecule has 0 radical (unpaired) electrons. The molecule has 5 rings (SSSR count). The number of hydrogen-bond acceptors (Lipinski definition) is 5. The first-order valence-electron chi connectivity index (χ1n) is 10.2. The quantitative estimate of drug-likeness (QED) is 0.453. The summed E-state index contributed by atoms with van der Waals surface area (Å²) >= 11 is 12.8. The first-order chi connectivity index (χ1) is 15.1.